The van der Waals surface area contributed by atoms with Crippen molar-refractivity contribution in [2.24, 2.45) is 0 Å². The number of anilines is 3. The van der Waals surface area contributed by atoms with E-state index in [1.165, 1.54) is 77.2 Å². The molecule has 54 heavy (non-hydrogen) atoms. The van der Waals surface area contributed by atoms with Gasteiger partial charge < -0.3 is 4.90 Å². The Labute approximate surface area is 317 Å². The molecule has 1 nitrogen and oxygen atoms in total. The quantitative estimate of drug-likeness (QED) is 0.168. The summed E-state index contributed by atoms with van der Waals surface area (Å²) in [6.45, 7) is 4.72. The number of hydrogen-bond acceptors (Lipinski definition) is 1. The molecule has 0 bridgehead atoms. The van der Waals surface area contributed by atoms with Gasteiger partial charge in [0.2, 0.25) is 0 Å². The predicted molar refractivity (Wildman–Crippen MR) is 230 cm³/mol. The van der Waals surface area contributed by atoms with Gasteiger partial charge in [-0.1, -0.05) is 166 Å². The largest absolute Gasteiger partial charge is 0.310 e. The van der Waals surface area contributed by atoms with Gasteiger partial charge in [-0.25, -0.2) is 0 Å². The molecule has 0 saturated heterocycles. The van der Waals surface area contributed by atoms with Gasteiger partial charge in [0.25, 0.3) is 0 Å². The third-order valence-electron chi connectivity index (χ3n) is 11.4. The van der Waals surface area contributed by atoms with E-state index < -0.39 is 0 Å². The van der Waals surface area contributed by atoms with Crippen molar-refractivity contribution in [2.45, 2.75) is 19.3 Å². The van der Waals surface area contributed by atoms with Gasteiger partial charge >= 0.3 is 0 Å². The molecule has 1 heteroatoms. The van der Waals surface area contributed by atoms with Crippen LogP contribution < -0.4 is 4.90 Å². The van der Waals surface area contributed by atoms with Gasteiger partial charge in [0.05, 0.1) is 0 Å². The monoisotopic (exact) mass is 689 g/mol. The summed E-state index contributed by atoms with van der Waals surface area (Å²) in [5, 5.41) is 5.02. The highest BCUT2D eigenvalue weighted by molar-refractivity contribution is 5.95. The first-order valence-electron chi connectivity index (χ1n) is 18.8. The third-order valence-corrected chi connectivity index (χ3v) is 11.4. The van der Waals surface area contributed by atoms with Crippen LogP contribution in [-0.4, -0.2) is 0 Å². The van der Waals surface area contributed by atoms with Crippen molar-refractivity contribution in [1.82, 2.24) is 0 Å². The van der Waals surface area contributed by atoms with Crippen LogP contribution in [0, 0.1) is 0 Å². The summed E-state index contributed by atoms with van der Waals surface area (Å²) in [4.78, 5) is 2.41. The number of hydrogen-bond donors (Lipinski definition) is 0. The molecule has 0 heterocycles. The van der Waals surface area contributed by atoms with E-state index in [4.69, 9.17) is 0 Å². The fourth-order valence-corrected chi connectivity index (χ4v) is 8.58. The zero-order valence-corrected chi connectivity index (χ0v) is 30.5. The van der Waals surface area contributed by atoms with Crippen LogP contribution >= 0.6 is 0 Å². The average molecular weight is 690 g/mol. The maximum Gasteiger partial charge on any atom is 0.0468 e. The summed E-state index contributed by atoms with van der Waals surface area (Å²) >= 11 is 0. The van der Waals surface area contributed by atoms with Crippen LogP contribution in [0.3, 0.4) is 0 Å². The molecular formula is C53H39N. The van der Waals surface area contributed by atoms with Crippen LogP contribution in [0.4, 0.5) is 17.1 Å². The highest BCUT2D eigenvalue weighted by Gasteiger charge is 2.37. The van der Waals surface area contributed by atoms with Gasteiger partial charge in [0.15, 0.2) is 0 Å². The van der Waals surface area contributed by atoms with Gasteiger partial charge in [0.1, 0.15) is 0 Å². The van der Waals surface area contributed by atoms with Crippen molar-refractivity contribution in [1.29, 1.82) is 0 Å². The second-order valence-electron chi connectivity index (χ2n) is 15.0. The Bertz CT molecular complexity index is 2710. The third kappa shape index (κ3) is 5.40. The van der Waals surface area contributed by atoms with Gasteiger partial charge in [0, 0.05) is 22.5 Å². The Balaban J connectivity index is 1.10. The SMILES string of the molecule is CC1(C)c2ccc(N(c3ccc(-c4ccc5ccccc5c4)cc3)c3ccc(-c4ccc5ccccc5c4)cc3)cc2-c2c(-c3ccccc3)cccc21. The molecule has 0 fully saturated rings. The normalized spacial score (nSPS) is 12.8. The van der Waals surface area contributed by atoms with E-state index in [0.717, 1.165) is 17.1 Å². The Hall–Kier alpha value is -6.70. The number of rotatable bonds is 6. The molecule has 10 rings (SSSR count). The van der Waals surface area contributed by atoms with Gasteiger partial charge in [-0.15, -0.1) is 0 Å². The lowest BCUT2D eigenvalue weighted by Gasteiger charge is -2.27. The number of nitrogens with zero attached hydrogens (tertiary/aromatic N) is 1. The molecule has 9 aromatic carbocycles. The second-order valence-corrected chi connectivity index (χ2v) is 15.0. The summed E-state index contributed by atoms with van der Waals surface area (Å²) in [5.41, 5.74) is 16.0. The Morgan fingerprint density at radius 3 is 1.39 bits per heavy atom. The Kier molecular flexibility index (Phi) is 7.56. The molecule has 0 aromatic heterocycles. The minimum atomic E-state index is -0.109. The average Bonchev–Trinajstić information content (AvgIpc) is 3.47. The molecule has 0 unspecified atom stereocenters. The Morgan fingerprint density at radius 2 is 0.815 bits per heavy atom. The summed E-state index contributed by atoms with van der Waals surface area (Å²) in [6, 6.07) is 73.4. The molecule has 0 radical (unpaired) electrons. The molecule has 1 aliphatic carbocycles. The van der Waals surface area contributed by atoms with Crippen LogP contribution in [0.25, 0.3) is 66.1 Å². The minimum Gasteiger partial charge on any atom is -0.310 e. The van der Waals surface area contributed by atoms with E-state index in [0.29, 0.717) is 0 Å². The molecular weight excluding hydrogens is 651 g/mol. The van der Waals surface area contributed by atoms with E-state index in [1.807, 2.05) is 0 Å². The summed E-state index contributed by atoms with van der Waals surface area (Å²) in [5.74, 6) is 0. The highest BCUT2D eigenvalue weighted by atomic mass is 15.1. The van der Waals surface area contributed by atoms with Crippen molar-refractivity contribution in [3.8, 4) is 44.5 Å². The Morgan fingerprint density at radius 1 is 0.315 bits per heavy atom. The molecule has 1 aliphatic rings. The van der Waals surface area contributed by atoms with E-state index in [1.54, 1.807) is 0 Å². The van der Waals surface area contributed by atoms with Crippen molar-refractivity contribution in [3.05, 3.63) is 211 Å². The lowest BCUT2D eigenvalue weighted by atomic mass is 9.82. The van der Waals surface area contributed by atoms with Crippen molar-refractivity contribution in [3.63, 3.8) is 0 Å². The van der Waals surface area contributed by atoms with E-state index in [-0.39, 0.29) is 5.41 Å². The van der Waals surface area contributed by atoms with Crippen molar-refractivity contribution < 1.29 is 0 Å². The van der Waals surface area contributed by atoms with Crippen LogP contribution in [0.5, 0.6) is 0 Å². The fourth-order valence-electron chi connectivity index (χ4n) is 8.58. The van der Waals surface area contributed by atoms with Gasteiger partial charge in [-0.2, -0.15) is 0 Å². The van der Waals surface area contributed by atoms with Crippen molar-refractivity contribution >= 4 is 38.6 Å². The first kappa shape index (κ1) is 32.0. The van der Waals surface area contributed by atoms with E-state index in [9.17, 15) is 0 Å². The molecule has 256 valence electrons. The smallest absolute Gasteiger partial charge is 0.0468 e. The first-order chi connectivity index (χ1) is 26.5. The maximum atomic E-state index is 2.42. The molecule has 0 saturated carbocycles. The lowest BCUT2D eigenvalue weighted by molar-refractivity contribution is 0.660. The molecule has 0 aliphatic heterocycles. The lowest BCUT2D eigenvalue weighted by Crippen LogP contribution is -2.15. The standard InChI is InChI=1S/C53H39N/c1-53(2)50-32-31-47(35-49(50)52-48(17-10-18-51(52)53)40-13-4-3-5-14-40)54(45-27-23-38(24-28-45)43-21-19-36-11-6-8-15-41(36)33-43)46-29-25-39(26-30-46)44-22-20-37-12-7-9-16-42(37)34-44/h3-35H,1-2H3. The molecule has 0 N–H and O–H groups in total. The molecule has 9 aromatic rings. The first-order valence-corrected chi connectivity index (χ1v) is 18.8. The van der Waals surface area contributed by atoms with E-state index >= 15 is 0 Å². The second kappa shape index (κ2) is 12.8. The zero-order chi connectivity index (χ0) is 36.2. The van der Waals surface area contributed by atoms with Crippen LogP contribution in [0.15, 0.2) is 200 Å². The molecule has 0 amide bonds. The fraction of sp³-hybridized carbons (Fsp3) is 0.0566. The summed E-state index contributed by atoms with van der Waals surface area (Å²) < 4.78 is 0. The zero-order valence-electron chi connectivity index (χ0n) is 30.5. The number of fused-ring (bicyclic) bond motifs is 5. The van der Waals surface area contributed by atoms with Gasteiger partial charge in [-0.05, 0) is 126 Å². The molecule has 0 atom stereocenters. The minimum absolute atomic E-state index is 0.109. The maximum absolute atomic E-state index is 2.42. The van der Waals surface area contributed by atoms with Crippen LogP contribution in [-0.2, 0) is 5.41 Å². The highest BCUT2D eigenvalue weighted by Crippen LogP contribution is 2.53. The van der Waals surface area contributed by atoms with Crippen LogP contribution in [0.1, 0.15) is 25.0 Å². The molecule has 0 spiro atoms. The van der Waals surface area contributed by atoms with Gasteiger partial charge in [-0.3, -0.25) is 0 Å². The van der Waals surface area contributed by atoms with Crippen molar-refractivity contribution in [2.75, 3.05) is 4.90 Å². The topological polar surface area (TPSA) is 3.24 Å². The number of benzene rings is 9. The van der Waals surface area contributed by atoms with Crippen LogP contribution in [0.2, 0.25) is 0 Å². The predicted octanol–water partition coefficient (Wildman–Crippen LogP) is 14.8. The van der Waals surface area contributed by atoms with E-state index in [2.05, 4.69) is 219 Å². The summed E-state index contributed by atoms with van der Waals surface area (Å²) in [7, 11) is 0. The summed E-state index contributed by atoms with van der Waals surface area (Å²) in [6.07, 6.45) is 0.